The number of hydrogen-bond donors (Lipinski definition) is 1. The van der Waals surface area contributed by atoms with Crippen LogP contribution in [0.3, 0.4) is 0 Å². The van der Waals surface area contributed by atoms with Crippen LogP contribution in [0.4, 0.5) is 15.0 Å². The van der Waals surface area contributed by atoms with E-state index in [1.165, 1.54) is 11.1 Å². The first-order valence-corrected chi connectivity index (χ1v) is 14.7. The van der Waals surface area contributed by atoms with Crippen LogP contribution in [0, 0.1) is 17.1 Å². The Kier molecular flexibility index (Phi) is 8.09. The van der Waals surface area contributed by atoms with Crippen molar-refractivity contribution in [2.45, 2.75) is 31.3 Å². The number of fused-ring (bicyclic) bond motifs is 2. The highest BCUT2D eigenvalue weighted by molar-refractivity contribution is 6.46. The van der Waals surface area contributed by atoms with E-state index in [4.69, 9.17) is 27.9 Å². The number of likely N-dealkylation sites (tertiary alicyclic amines) is 1. The first-order chi connectivity index (χ1) is 20.8. The number of halogens is 3. The molecule has 43 heavy (non-hydrogen) atoms. The Morgan fingerprint density at radius 3 is 2.77 bits per heavy atom. The zero-order valence-electron chi connectivity index (χ0n) is 23.3. The minimum Gasteiger partial charge on any atom is -0.465 e. The molecule has 2 saturated heterocycles. The van der Waals surface area contributed by atoms with E-state index < -0.39 is 18.0 Å². The van der Waals surface area contributed by atoms with Gasteiger partial charge in [0.05, 0.1) is 34.0 Å². The summed E-state index contributed by atoms with van der Waals surface area (Å²) in [4.78, 5) is 30.8. The molecule has 0 unspecified atom stereocenters. The van der Waals surface area contributed by atoms with Crippen molar-refractivity contribution in [3.63, 3.8) is 0 Å². The molecule has 2 aromatic carbocycles. The topological polar surface area (TPSA) is 119 Å². The molecule has 0 saturated carbocycles. The molecular weight excluding hydrogens is 596 g/mol. The third kappa shape index (κ3) is 5.46. The van der Waals surface area contributed by atoms with E-state index in [9.17, 15) is 15.2 Å². The van der Waals surface area contributed by atoms with Gasteiger partial charge in [0.2, 0.25) is 0 Å². The molecule has 0 aliphatic carbocycles. The molecule has 2 aliphatic heterocycles. The Bertz CT molecular complexity index is 1770. The number of benzene rings is 2. The maximum atomic E-state index is 16.6. The van der Waals surface area contributed by atoms with E-state index in [1.807, 2.05) is 24.1 Å². The van der Waals surface area contributed by atoms with E-state index in [2.05, 4.69) is 25.9 Å². The summed E-state index contributed by atoms with van der Waals surface area (Å²) < 4.78 is 22.6. The molecular formula is C30H28Cl2FN7O3. The highest BCUT2D eigenvalue weighted by Gasteiger charge is 2.33. The number of piperazine rings is 1. The Labute approximate surface area is 257 Å². The number of ether oxygens (including phenoxy) is 1. The van der Waals surface area contributed by atoms with E-state index in [1.54, 1.807) is 18.2 Å². The molecule has 4 aromatic rings. The first-order valence-electron chi connectivity index (χ1n) is 13.9. The van der Waals surface area contributed by atoms with Gasteiger partial charge in [-0.25, -0.2) is 9.18 Å². The highest BCUT2D eigenvalue weighted by atomic mass is 35.5. The Balaban J connectivity index is 1.48. The molecule has 10 nitrogen and oxygen atoms in total. The molecule has 0 spiro atoms. The zero-order chi connectivity index (χ0) is 30.2. The van der Waals surface area contributed by atoms with Crippen LogP contribution >= 0.6 is 23.2 Å². The number of pyridine rings is 1. The van der Waals surface area contributed by atoms with Gasteiger partial charge in [0, 0.05) is 42.8 Å². The van der Waals surface area contributed by atoms with Gasteiger partial charge in [0.25, 0.3) is 0 Å². The average molecular weight is 625 g/mol. The summed E-state index contributed by atoms with van der Waals surface area (Å²) in [5.74, 6) is -0.310. The third-order valence-electron chi connectivity index (χ3n) is 8.26. The second-order valence-electron chi connectivity index (χ2n) is 10.8. The van der Waals surface area contributed by atoms with Gasteiger partial charge in [0.15, 0.2) is 5.82 Å². The summed E-state index contributed by atoms with van der Waals surface area (Å²) in [5.41, 5.74) is 0.521. The lowest BCUT2D eigenvalue weighted by Crippen LogP contribution is -2.55. The summed E-state index contributed by atoms with van der Waals surface area (Å²) in [5, 5.41) is 21.3. The number of amides is 1. The fourth-order valence-corrected chi connectivity index (χ4v) is 6.39. The third-order valence-corrected chi connectivity index (χ3v) is 9.07. The summed E-state index contributed by atoms with van der Waals surface area (Å²) in [6.07, 6.45) is 2.45. The van der Waals surface area contributed by atoms with Crippen LogP contribution in [0.1, 0.15) is 19.3 Å². The largest absolute Gasteiger partial charge is 0.465 e. The quantitative estimate of drug-likeness (QED) is 0.282. The minimum absolute atomic E-state index is 0.00431. The smallest absolute Gasteiger partial charge is 0.407 e. The van der Waals surface area contributed by atoms with Gasteiger partial charge in [-0.05, 0) is 37.9 Å². The lowest BCUT2D eigenvalue weighted by atomic mass is 10.0. The lowest BCUT2D eigenvalue weighted by molar-refractivity contribution is 0.119. The van der Waals surface area contributed by atoms with Crippen LogP contribution in [-0.2, 0) is 0 Å². The van der Waals surface area contributed by atoms with Crippen molar-refractivity contribution < 1.29 is 19.0 Å². The number of likely N-dealkylation sites (N-methyl/N-ethyl adjacent to an activating group) is 1. The van der Waals surface area contributed by atoms with Crippen molar-refractivity contribution in [1.82, 2.24) is 24.8 Å². The fraction of sp³-hybridized carbons (Fsp3) is 0.367. The maximum Gasteiger partial charge on any atom is 0.407 e. The van der Waals surface area contributed by atoms with Crippen molar-refractivity contribution >= 4 is 56.8 Å². The van der Waals surface area contributed by atoms with E-state index in [0.29, 0.717) is 38.8 Å². The van der Waals surface area contributed by atoms with Gasteiger partial charge in [-0.3, -0.25) is 4.98 Å². The number of carbonyl (C=O) groups is 1. The molecule has 6 rings (SSSR count). The second-order valence-corrected chi connectivity index (χ2v) is 11.6. The number of nitrogens with zero attached hydrogens (tertiary/aromatic N) is 7. The van der Waals surface area contributed by atoms with Crippen LogP contribution < -0.4 is 9.64 Å². The second kappa shape index (κ2) is 12.0. The van der Waals surface area contributed by atoms with Crippen LogP contribution in [0.25, 0.3) is 32.9 Å². The van der Waals surface area contributed by atoms with Gasteiger partial charge in [0.1, 0.15) is 23.6 Å². The number of anilines is 1. The summed E-state index contributed by atoms with van der Waals surface area (Å²) in [6, 6.07) is 10.6. The molecule has 0 bridgehead atoms. The summed E-state index contributed by atoms with van der Waals surface area (Å²) in [7, 11) is 2.03. The van der Waals surface area contributed by atoms with Crippen LogP contribution in [-0.4, -0.2) is 87.9 Å². The molecule has 1 N–H and O–H groups in total. The zero-order valence-corrected chi connectivity index (χ0v) is 24.8. The highest BCUT2D eigenvalue weighted by Crippen LogP contribution is 2.40. The molecule has 0 radical (unpaired) electrons. The predicted octanol–water partition coefficient (Wildman–Crippen LogP) is 5.85. The average Bonchev–Trinajstić information content (AvgIpc) is 3.42. The molecule has 2 aromatic heterocycles. The Morgan fingerprint density at radius 1 is 1.19 bits per heavy atom. The molecule has 1 amide bonds. The van der Waals surface area contributed by atoms with Gasteiger partial charge in [-0.1, -0.05) is 47.5 Å². The normalized spacial score (nSPS) is 19.2. The molecule has 2 aliphatic rings. The summed E-state index contributed by atoms with van der Waals surface area (Å²) in [6.45, 7) is 1.93. The molecule has 13 heteroatoms. The van der Waals surface area contributed by atoms with E-state index in [-0.39, 0.29) is 49.3 Å². The van der Waals surface area contributed by atoms with Crippen LogP contribution in [0.5, 0.6) is 6.01 Å². The summed E-state index contributed by atoms with van der Waals surface area (Å²) >= 11 is 12.9. The number of rotatable bonds is 6. The maximum absolute atomic E-state index is 16.6. The minimum atomic E-state index is -1.09. The van der Waals surface area contributed by atoms with Gasteiger partial charge >= 0.3 is 12.1 Å². The lowest BCUT2D eigenvalue weighted by Gasteiger charge is -2.39. The van der Waals surface area contributed by atoms with Gasteiger partial charge in [-0.2, -0.15) is 15.2 Å². The van der Waals surface area contributed by atoms with E-state index >= 15 is 4.39 Å². The Morgan fingerprint density at radius 2 is 2.02 bits per heavy atom. The number of nitriles is 1. The van der Waals surface area contributed by atoms with Crippen molar-refractivity contribution in [3.8, 4) is 23.3 Å². The molecule has 4 heterocycles. The van der Waals surface area contributed by atoms with Crippen LogP contribution in [0.2, 0.25) is 10.0 Å². The van der Waals surface area contributed by atoms with Crippen molar-refractivity contribution in [3.05, 3.63) is 52.4 Å². The van der Waals surface area contributed by atoms with Gasteiger partial charge < -0.3 is 24.5 Å². The van der Waals surface area contributed by atoms with Crippen molar-refractivity contribution in [1.29, 1.82) is 5.26 Å². The number of aromatic nitrogens is 3. The SMILES string of the molecule is CN1CCC[C@H]1COc1nc(N2CCN(C(=O)O)[C@@H](CC#N)C2)c2cnc(-c3cccc4ccc(Cl)c(Cl)c34)c(F)c2n1. The monoisotopic (exact) mass is 623 g/mol. The molecule has 2 atom stereocenters. The van der Waals surface area contributed by atoms with Crippen LogP contribution in [0.15, 0.2) is 36.5 Å². The van der Waals surface area contributed by atoms with Crippen molar-refractivity contribution in [2.75, 3.05) is 44.7 Å². The fourth-order valence-electron chi connectivity index (χ4n) is 5.96. The van der Waals surface area contributed by atoms with Gasteiger partial charge in [-0.15, -0.1) is 0 Å². The molecule has 2 fully saturated rings. The standard InChI is InChI=1S/C30H28Cl2FN7O3/c1-38-11-3-5-19(38)16-43-29-36-27-21(28(37-29)39-12-13-40(30(41)42)18(15-39)9-10-34)14-35-26(25(27)33)20-6-2-4-17-7-8-22(31)24(32)23(17)20/h2,4,6-8,14,18-19H,3,5,9,11-13,15-16H2,1H3,(H,41,42)/t18-,19-/m0/s1. The van der Waals surface area contributed by atoms with Crippen molar-refractivity contribution in [2.24, 2.45) is 0 Å². The molecule has 222 valence electrons. The van der Waals surface area contributed by atoms with E-state index in [0.717, 1.165) is 24.8 Å². The first kappa shape index (κ1) is 29.1. The Hall–Kier alpha value is -3.98. The number of hydrogen-bond acceptors (Lipinski definition) is 8. The number of carboxylic acid groups (broad SMARTS) is 1. The predicted molar refractivity (Wildman–Crippen MR) is 162 cm³/mol.